The number of amides is 1. The van der Waals surface area contributed by atoms with Crippen LogP contribution in [-0.4, -0.2) is 30.4 Å². The third-order valence-corrected chi connectivity index (χ3v) is 2.92. The summed E-state index contributed by atoms with van der Waals surface area (Å²) >= 11 is 0. The molecule has 1 aliphatic rings. The largest absolute Gasteiger partial charge is 0.342 e. The molecule has 1 rings (SSSR count). The predicted octanol–water partition coefficient (Wildman–Crippen LogP) is 1.15. The van der Waals surface area contributed by atoms with Gasteiger partial charge in [-0.15, -0.1) is 6.58 Å². The monoisotopic (exact) mass is 196 g/mol. The molecule has 0 aliphatic heterocycles. The SMILES string of the molecule is C=CCN(C)C(=O)C1CCCCC1N. The van der Waals surface area contributed by atoms with Gasteiger partial charge in [-0.1, -0.05) is 18.9 Å². The van der Waals surface area contributed by atoms with Gasteiger partial charge < -0.3 is 10.6 Å². The van der Waals surface area contributed by atoms with Crippen molar-refractivity contribution in [2.45, 2.75) is 31.7 Å². The van der Waals surface area contributed by atoms with E-state index in [-0.39, 0.29) is 17.9 Å². The topological polar surface area (TPSA) is 46.3 Å². The van der Waals surface area contributed by atoms with E-state index in [0.717, 1.165) is 25.7 Å². The van der Waals surface area contributed by atoms with E-state index in [4.69, 9.17) is 5.73 Å². The van der Waals surface area contributed by atoms with Gasteiger partial charge in [0.2, 0.25) is 5.91 Å². The first-order valence-electron chi connectivity index (χ1n) is 5.28. The number of likely N-dealkylation sites (N-methyl/N-ethyl adjacent to an activating group) is 1. The molecule has 2 atom stereocenters. The zero-order valence-corrected chi connectivity index (χ0v) is 8.91. The molecule has 1 fully saturated rings. The Morgan fingerprint density at radius 1 is 1.57 bits per heavy atom. The van der Waals surface area contributed by atoms with E-state index in [2.05, 4.69) is 6.58 Å². The number of hydrogen-bond donors (Lipinski definition) is 1. The van der Waals surface area contributed by atoms with Crippen LogP contribution in [0.1, 0.15) is 25.7 Å². The Morgan fingerprint density at radius 2 is 2.21 bits per heavy atom. The molecule has 0 bridgehead atoms. The van der Waals surface area contributed by atoms with Gasteiger partial charge in [-0.3, -0.25) is 4.79 Å². The zero-order chi connectivity index (χ0) is 10.6. The fourth-order valence-corrected chi connectivity index (χ4v) is 2.03. The third kappa shape index (κ3) is 2.58. The normalized spacial score (nSPS) is 27.0. The first-order chi connectivity index (χ1) is 6.66. The van der Waals surface area contributed by atoms with Crippen molar-refractivity contribution < 1.29 is 4.79 Å². The van der Waals surface area contributed by atoms with E-state index in [9.17, 15) is 4.79 Å². The highest BCUT2D eigenvalue weighted by molar-refractivity contribution is 5.79. The van der Waals surface area contributed by atoms with E-state index in [1.165, 1.54) is 0 Å². The van der Waals surface area contributed by atoms with E-state index in [1.54, 1.807) is 11.0 Å². The molecule has 0 aromatic rings. The second-order valence-corrected chi connectivity index (χ2v) is 4.06. The van der Waals surface area contributed by atoms with Crippen LogP contribution in [0, 0.1) is 5.92 Å². The minimum atomic E-state index is 0.0358. The van der Waals surface area contributed by atoms with Crippen molar-refractivity contribution in [2.24, 2.45) is 11.7 Å². The number of nitrogens with zero attached hydrogens (tertiary/aromatic N) is 1. The van der Waals surface area contributed by atoms with Crippen molar-refractivity contribution in [3.63, 3.8) is 0 Å². The van der Waals surface area contributed by atoms with Gasteiger partial charge in [0.1, 0.15) is 0 Å². The molecule has 80 valence electrons. The average molecular weight is 196 g/mol. The van der Waals surface area contributed by atoms with Gasteiger partial charge in [0, 0.05) is 19.6 Å². The van der Waals surface area contributed by atoms with E-state index < -0.39 is 0 Å². The molecule has 2 N–H and O–H groups in total. The lowest BCUT2D eigenvalue weighted by molar-refractivity contribution is -0.135. The van der Waals surface area contributed by atoms with Crippen LogP contribution in [0.4, 0.5) is 0 Å². The summed E-state index contributed by atoms with van der Waals surface area (Å²) in [7, 11) is 1.81. The van der Waals surface area contributed by atoms with Crippen molar-refractivity contribution >= 4 is 5.91 Å². The van der Waals surface area contributed by atoms with Crippen LogP contribution in [0.15, 0.2) is 12.7 Å². The smallest absolute Gasteiger partial charge is 0.227 e. The first-order valence-corrected chi connectivity index (χ1v) is 5.28. The first kappa shape index (κ1) is 11.2. The molecule has 0 heterocycles. The Morgan fingerprint density at radius 3 is 2.79 bits per heavy atom. The highest BCUT2D eigenvalue weighted by Crippen LogP contribution is 2.24. The summed E-state index contributed by atoms with van der Waals surface area (Å²) in [5, 5.41) is 0. The Bertz CT molecular complexity index is 215. The van der Waals surface area contributed by atoms with Gasteiger partial charge in [-0.2, -0.15) is 0 Å². The van der Waals surface area contributed by atoms with Crippen LogP contribution in [0.5, 0.6) is 0 Å². The summed E-state index contributed by atoms with van der Waals surface area (Å²) in [6.45, 7) is 4.24. The van der Waals surface area contributed by atoms with E-state index in [1.807, 2.05) is 7.05 Å². The molecule has 0 saturated heterocycles. The fraction of sp³-hybridized carbons (Fsp3) is 0.727. The third-order valence-electron chi connectivity index (χ3n) is 2.92. The minimum Gasteiger partial charge on any atom is -0.342 e. The quantitative estimate of drug-likeness (QED) is 0.688. The second-order valence-electron chi connectivity index (χ2n) is 4.06. The number of nitrogens with two attached hydrogens (primary N) is 1. The maximum Gasteiger partial charge on any atom is 0.227 e. The van der Waals surface area contributed by atoms with Gasteiger partial charge >= 0.3 is 0 Å². The van der Waals surface area contributed by atoms with Crippen LogP contribution < -0.4 is 5.73 Å². The molecular weight excluding hydrogens is 176 g/mol. The Balaban J connectivity index is 2.53. The average Bonchev–Trinajstić information content (AvgIpc) is 2.18. The van der Waals surface area contributed by atoms with Gasteiger partial charge in [0.25, 0.3) is 0 Å². The van der Waals surface area contributed by atoms with Gasteiger partial charge in [-0.25, -0.2) is 0 Å². The summed E-state index contributed by atoms with van der Waals surface area (Å²) in [4.78, 5) is 13.6. The Hall–Kier alpha value is -0.830. The molecular formula is C11H20N2O. The lowest BCUT2D eigenvalue weighted by Crippen LogP contribution is -2.44. The number of rotatable bonds is 3. The molecule has 3 heteroatoms. The zero-order valence-electron chi connectivity index (χ0n) is 8.91. The van der Waals surface area contributed by atoms with Crippen LogP contribution in [0.25, 0.3) is 0 Å². The Kier molecular flexibility index (Phi) is 4.14. The van der Waals surface area contributed by atoms with Crippen molar-refractivity contribution in [1.82, 2.24) is 4.90 Å². The molecule has 3 nitrogen and oxygen atoms in total. The van der Waals surface area contributed by atoms with E-state index >= 15 is 0 Å². The number of carbonyl (C=O) groups excluding carboxylic acids is 1. The minimum absolute atomic E-state index is 0.0358. The molecule has 0 aromatic carbocycles. The maximum absolute atomic E-state index is 11.9. The van der Waals surface area contributed by atoms with Crippen LogP contribution in [0.2, 0.25) is 0 Å². The lowest BCUT2D eigenvalue weighted by atomic mass is 9.84. The lowest BCUT2D eigenvalue weighted by Gasteiger charge is -2.30. The van der Waals surface area contributed by atoms with Gasteiger partial charge in [-0.05, 0) is 12.8 Å². The van der Waals surface area contributed by atoms with E-state index in [0.29, 0.717) is 6.54 Å². The molecule has 2 unspecified atom stereocenters. The summed E-state index contributed by atoms with van der Waals surface area (Å²) in [6.07, 6.45) is 5.97. The highest BCUT2D eigenvalue weighted by atomic mass is 16.2. The molecule has 14 heavy (non-hydrogen) atoms. The number of carbonyl (C=O) groups is 1. The molecule has 0 aromatic heterocycles. The summed E-state index contributed by atoms with van der Waals surface area (Å²) in [5.41, 5.74) is 5.94. The van der Waals surface area contributed by atoms with Crippen LogP contribution in [-0.2, 0) is 4.79 Å². The van der Waals surface area contributed by atoms with Crippen molar-refractivity contribution in [2.75, 3.05) is 13.6 Å². The Labute approximate surface area is 86.0 Å². The fourth-order valence-electron chi connectivity index (χ4n) is 2.03. The molecule has 1 saturated carbocycles. The van der Waals surface area contributed by atoms with Gasteiger partial charge in [0.05, 0.1) is 5.92 Å². The molecule has 1 aliphatic carbocycles. The van der Waals surface area contributed by atoms with Crippen molar-refractivity contribution in [3.8, 4) is 0 Å². The van der Waals surface area contributed by atoms with Crippen LogP contribution in [0.3, 0.4) is 0 Å². The molecule has 1 amide bonds. The maximum atomic E-state index is 11.9. The summed E-state index contributed by atoms with van der Waals surface area (Å²) in [5.74, 6) is 0.214. The van der Waals surface area contributed by atoms with Crippen LogP contribution >= 0.6 is 0 Å². The highest BCUT2D eigenvalue weighted by Gasteiger charge is 2.29. The number of hydrogen-bond acceptors (Lipinski definition) is 2. The van der Waals surface area contributed by atoms with Crippen molar-refractivity contribution in [1.29, 1.82) is 0 Å². The predicted molar refractivity (Wildman–Crippen MR) is 57.8 cm³/mol. The van der Waals surface area contributed by atoms with Gasteiger partial charge in [0.15, 0.2) is 0 Å². The summed E-state index contributed by atoms with van der Waals surface area (Å²) in [6, 6.07) is 0.0588. The standard InChI is InChI=1S/C11H20N2O/c1-3-8-13(2)11(14)9-6-4-5-7-10(9)12/h3,9-10H,1,4-8,12H2,2H3. The van der Waals surface area contributed by atoms with Crippen molar-refractivity contribution in [3.05, 3.63) is 12.7 Å². The molecule has 0 radical (unpaired) electrons. The molecule has 0 spiro atoms. The second kappa shape index (κ2) is 5.15. The summed E-state index contributed by atoms with van der Waals surface area (Å²) < 4.78 is 0.